The number of hydrogen-bond acceptors (Lipinski definition) is 5. The molecule has 5 heteroatoms. The van der Waals surface area contributed by atoms with Gasteiger partial charge < -0.3 is 4.52 Å². The Hall–Kier alpha value is -2.53. The van der Waals surface area contributed by atoms with Gasteiger partial charge in [0.05, 0.1) is 6.54 Å². The zero-order chi connectivity index (χ0) is 16.9. The second-order valence-corrected chi connectivity index (χ2v) is 6.52. The van der Waals surface area contributed by atoms with Crippen molar-refractivity contribution in [2.24, 2.45) is 0 Å². The minimum absolute atomic E-state index is 0.565. The van der Waals surface area contributed by atoms with Crippen molar-refractivity contribution in [1.82, 2.24) is 20.0 Å². The van der Waals surface area contributed by atoms with Gasteiger partial charge in [0.2, 0.25) is 11.7 Å². The Morgan fingerprint density at radius 1 is 1.08 bits per heavy atom. The van der Waals surface area contributed by atoms with E-state index in [9.17, 15) is 0 Å². The molecule has 1 atom stereocenters. The first-order chi connectivity index (χ1) is 12.4. The van der Waals surface area contributed by atoms with E-state index in [0.717, 1.165) is 25.2 Å². The van der Waals surface area contributed by atoms with Crippen LogP contribution in [0.5, 0.6) is 0 Å². The van der Waals surface area contributed by atoms with Gasteiger partial charge in [0, 0.05) is 12.2 Å². The van der Waals surface area contributed by atoms with Gasteiger partial charge in [0.15, 0.2) is 0 Å². The SMILES string of the molecule is c1ccc(CCC2CCCN2Cc2nc(-c3ccccn3)no2)cc1. The molecule has 0 amide bonds. The van der Waals surface area contributed by atoms with Crippen LogP contribution >= 0.6 is 0 Å². The minimum Gasteiger partial charge on any atom is -0.337 e. The van der Waals surface area contributed by atoms with Gasteiger partial charge in [-0.25, -0.2) is 0 Å². The molecule has 1 aliphatic heterocycles. The molecule has 1 fully saturated rings. The minimum atomic E-state index is 0.565. The third-order valence-electron chi connectivity index (χ3n) is 4.81. The first-order valence-corrected chi connectivity index (χ1v) is 8.90. The van der Waals surface area contributed by atoms with Gasteiger partial charge in [-0.2, -0.15) is 4.98 Å². The summed E-state index contributed by atoms with van der Waals surface area (Å²) in [5.74, 6) is 1.24. The molecule has 0 N–H and O–H groups in total. The summed E-state index contributed by atoms with van der Waals surface area (Å²) < 4.78 is 5.45. The summed E-state index contributed by atoms with van der Waals surface area (Å²) in [5, 5.41) is 4.07. The van der Waals surface area contributed by atoms with Gasteiger partial charge in [-0.3, -0.25) is 9.88 Å². The normalized spacial score (nSPS) is 17.8. The summed E-state index contributed by atoms with van der Waals surface area (Å²) in [7, 11) is 0. The molecule has 5 nitrogen and oxygen atoms in total. The molecule has 0 spiro atoms. The van der Waals surface area contributed by atoms with Gasteiger partial charge in [0.1, 0.15) is 5.69 Å². The van der Waals surface area contributed by atoms with Crippen LogP contribution in [0.1, 0.15) is 30.7 Å². The van der Waals surface area contributed by atoms with E-state index in [1.165, 1.54) is 24.8 Å². The fraction of sp³-hybridized carbons (Fsp3) is 0.350. The van der Waals surface area contributed by atoms with Crippen molar-refractivity contribution >= 4 is 0 Å². The molecular weight excluding hydrogens is 312 g/mol. The molecule has 2 aromatic heterocycles. The number of hydrogen-bond donors (Lipinski definition) is 0. The fourth-order valence-corrected chi connectivity index (χ4v) is 3.50. The summed E-state index contributed by atoms with van der Waals surface area (Å²) in [6.45, 7) is 1.82. The molecule has 25 heavy (non-hydrogen) atoms. The lowest BCUT2D eigenvalue weighted by Gasteiger charge is -2.22. The van der Waals surface area contributed by atoms with Gasteiger partial charge in [-0.05, 0) is 49.9 Å². The zero-order valence-corrected chi connectivity index (χ0v) is 14.2. The third-order valence-corrected chi connectivity index (χ3v) is 4.81. The lowest BCUT2D eigenvalue weighted by Crippen LogP contribution is -2.29. The first kappa shape index (κ1) is 16.0. The summed E-state index contributed by atoms with van der Waals surface area (Å²) >= 11 is 0. The van der Waals surface area contributed by atoms with Gasteiger partial charge in [0.25, 0.3) is 0 Å². The molecule has 0 aliphatic carbocycles. The number of aromatic nitrogens is 3. The van der Waals surface area contributed by atoms with Crippen molar-refractivity contribution in [1.29, 1.82) is 0 Å². The van der Waals surface area contributed by atoms with E-state index in [2.05, 4.69) is 50.4 Å². The smallest absolute Gasteiger partial charge is 0.241 e. The van der Waals surface area contributed by atoms with Crippen molar-refractivity contribution in [2.75, 3.05) is 6.54 Å². The van der Waals surface area contributed by atoms with Crippen molar-refractivity contribution < 1.29 is 4.52 Å². The lowest BCUT2D eigenvalue weighted by molar-refractivity contribution is 0.203. The Morgan fingerprint density at radius 2 is 1.96 bits per heavy atom. The molecule has 3 aromatic rings. The maximum Gasteiger partial charge on any atom is 0.241 e. The highest BCUT2D eigenvalue weighted by atomic mass is 16.5. The molecule has 1 unspecified atom stereocenters. The topological polar surface area (TPSA) is 55.1 Å². The number of nitrogens with zero attached hydrogens (tertiary/aromatic N) is 4. The standard InChI is InChI=1S/C20H22N4O/c1-2-7-16(8-3-1)11-12-17-9-6-14-24(17)15-19-22-20(23-25-19)18-10-4-5-13-21-18/h1-5,7-8,10,13,17H,6,9,11-12,14-15H2. The molecule has 3 heterocycles. The van der Waals surface area contributed by atoms with E-state index in [1.807, 2.05) is 18.2 Å². The van der Waals surface area contributed by atoms with Crippen LogP contribution in [-0.2, 0) is 13.0 Å². The number of rotatable bonds is 6. The monoisotopic (exact) mass is 334 g/mol. The van der Waals surface area contributed by atoms with Crippen molar-refractivity contribution in [3.05, 3.63) is 66.2 Å². The van der Waals surface area contributed by atoms with Crippen LogP contribution in [0.3, 0.4) is 0 Å². The van der Waals surface area contributed by atoms with Gasteiger partial charge in [-0.1, -0.05) is 41.6 Å². The summed E-state index contributed by atoms with van der Waals surface area (Å²) in [4.78, 5) is 11.3. The first-order valence-electron chi connectivity index (χ1n) is 8.90. The van der Waals surface area contributed by atoms with Crippen LogP contribution in [-0.4, -0.2) is 32.6 Å². The van der Waals surface area contributed by atoms with Crippen LogP contribution in [0.4, 0.5) is 0 Å². The van der Waals surface area contributed by atoms with E-state index in [-0.39, 0.29) is 0 Å². The van der Waals surface area contributed by atoms with Crippen molar-refractivity contribution in [3.63, 3.8) is 0 Å². The Kier molecular flexibility index (Phi) is 4.84. The maximum atomic E-state index is 5.45. The quantitative estimate of drug-likeness (QED) is 0.687. The lowest BCUT2D eigenvalue weighted by atomic mass is 10.0. The molecule has 128 valence electrons. The Labute approximate surface area is 147 Å². The Bertz CT molecular complexity index is 788. The van der Waals surface area contributed by atoms with Crippen LogP contribution < -0.4 is 0 Å². The predicted octanol–water partition coefficient (Wildman–Crippen LogP) is 3.73. The van der Waals surface area contributed by atoms with Crippen LogP contribution in [0.15, 0.2) is 59.3 Å². The van der Waals surface area contributed by atoms with Gasteiger partial charge in [-0.15, -0.1) is 0 Å². The summed E-state index contributed by atoms with van der Waals surface area (Å²) in [6, 6.07) is 17.0. The number of pyridine rings is 1. The molecular formula is C20H22N4O. The predicted molar refractivity (Wildman–Crippen MR) is 95.7 cm³/mol. The van der Waals surface area contributed by atoms with E-state index < -0.39 is 0 Å². The van der Waals surface area contributed by atoms with E-state index in [4.69, 9.17) is 4.52 Å². The molecule has 4 rings (SSSR count). The summed E-state index contributed by atoms with van der Waals surface area (Å²) in [5.41, 5.74) is 2.16. The third kappa shape index (κ3) is 3.94. The Balaban J connectivity index is 1.37. The molecule has 0 saturated carbocycles. The zero-order valence-electron chi connectivity index (χ0n) is 14.2. The average Bonchev–Trinajstić information content (AvgIpc) is 3.32. The van der Waals surface area contributed by atoms with Gasteiger partial charge >= 0.3 is 0 Å². The van der Waals surface area contributed by atoms with Crippen LogP contribution in [0.25, 0.3) is 11.5 Å². The maximum absolute atomic E-state index is 5.45. The van der Waals surface area contributed by atoms with Crippen molar-refractivity contribution in [3.8, 4) is 11.5 Å². The molecule has 0 bridgehead atoms. The number of likely N-dealkylation sites (tertiary alicyclic amines) is 1. The second-order valence-electron chi connectivity index (χ2n) is 6.52. The van der Waals surface area contributed by atoms with E-state index in [0.29, 0.717) is 17.8 Å². The second kappa shape index (κ2) is 7.57. The van der Waals surface area contributed by atoms with Crippen molar-refractivity contribution in [2.45, 2.75) is 38.3 Å². The number of benzene rings is 1. The van der Waals surface area contributed by atoms with E-state index in [1.54, 1.807) is 6.20 Å². The average molecular weight is 334 g/mol. The van der Waals surface area contributed by atoms with Crippen LogP contribution in [0, 0.1) is 0 Å². The molecule has 1 aliphatic rings. The fourth-order valence-electron chi connectivity index (χ4n) is 3.50. The van der Waals surface area contributed by atoms with Crippen LogP contribution in [0.2, 0.25) is 0 Å². The molecule has 0 radical (unpaired) electrons. The largest absolute Gasteiger partial charge is 0.337 e. The number of aryl methyl sites for hydroxylation is 1. The Morgan fingerprint density at radius 3 is 2.80 bits per heavy atom. The molecule has 1 aromatic carbocycles. The summed E-state index contributed by atoms with van der Waals surface area (Å²) in [6.07, 6.45) is 6.51. The highest BCUT2D eigenvalue weighted by Gasteiger charge is 2.26. The highest BCUT2D eigenvalue weighted by molar-refractivity contribution is 5.46. The molecule has 1 saturated heterocycles. The highest BCUT2D eigenvalue weighted by Crippen LogP contribution is 2.24. The van der Waals surface area contributed by atoms with E-state index >= 15 is 0 Å².